The standard InChI is InChI=1S/C12H17N5OS/c1-3-17-7-9(13)10(16-17)11(18)15-6-8(2)12-14-4-5-19-12/h4-5,7-8H,3,6,13H2,1-2H3,(H,15,18). The van der Waals surface area contributed by atoms with Crippen LogP contribution >= 0.6 is 11.3 Å². The van der Waals surface area contributed by atoms with Crippen molar-refractivity contribution in [2.75, 3.05) is 12.3 Å². The molecule has 1 atom stereocenters. The molecule has 0 aliphatic heterocycles. The van der Waals surface area contributed by atoms with Crippen molar-refractivity contribution in [2.24, 2.45) is 0 Å². The average molecular weight is 279 g/mol. The summed E-state index contributed by atoms with van der Waals surface area (Å²) in [6.45, 7) is 5.17. The largest absolute Gasteiger partial charge is 0.396 e. The van der Waals surface area contributed by atoms with Crippen molar-refractivity contribution < 1.29 is 4.79 Å². The highest BCUT2D eigenvalue weighted by molar-refractivity contribution is 7.09. The van der Waals surface area contributed by atoms with Crippen molar-refractivity contribution in [1.29, 1.82) is 0 Å². The lowest BCUT2D eigenvalue weighted by molar-refractivity contribution is 0.0946. The highest BCUT2D eigenvalue weighted by Crippen LogP contribution is 2.16. The molecule has 0 aliphatic rings. The molecule has 7 heteroatoms. The van der Waals surface area contributed by atoms with Crippen LogP contribution in [0.1, 0.15) is 35.3 Å². The molecular weight excluding hydrogens is 262 g/mol. The molecule has 2 heterocycles. The minimum Gasteiger partial charge on any atom is -0.396 e. The Hall–Kier alpha value is -1.89. The Bertz CT molecular complexity index is 548. The van der Waals surface area contributed by atoms with Gasteiger partial charge in [-0.15, -0.1) is 11.3 Å². The van der Waals surface area contributed by atoms with Gasteiger partial charge in [0.15, 0.2) is 5.69 Å². The second-order valence-electron chi connectivity index (χ2n) is 4.27. The fraction of sp³-hybridized carbons (Fsp3) is 0.417. The molecule has 1 amide bonds. The second kappa shape index (κ2) is 5.83. The van der Waals surface area contributed by atoms with E-state index in [1.165, 1.54) is 0 Å². The molecule has 0 saturated carbocycles. The van der Waals surface area contributed by atoms with E-state index in [1.807, 2.05) is 19.2 Å². The smallest absolute Gasteiger partial charge is 0.273 e. The summed E-state index contributed by atoms with van der Waals surface area (Å²) >= 11 is 1.58. The maximum absolute atomic E-state index is 12.0. The Balaban J connectivity index is 1.95. The van der Waals surface area contributed by atoms with Gasteiger partial charge in [0.1, 0.15) is 0 Å². The number of nitrogens with one attached hydrogen (secondary N) is 1. The van der Waals surface area contributed by atoms with Gasteiger partial charge >= 0.3 is 0 Å². The molecule has 3 N–H and O–H groups in total. The highest BCUT2D eigenvalue weighted by atomic mass is 32.1. The molecule has 2 rings (SSSR count). The predicted molar refractivity (Wildman–Crippen MR) is 75.2 cm³/mol. The molecule has 2 aromatic rings. The molecule has 0 saturated heterocycles. The van der Waals surface area contributed by atoms with Crippen LogP contribution in [0.5, 0.6) is 0 Å². The maximum atomic E-state index is 12.0. The third-order valence-corrected chi connectivity index (χ3v) is 3.78. The molecule has 0 fully saturated rings. The summed E-state index contributed by atoms with van der Waals surface area (Å²) in [5.74, 6) is -0.0634. The van der Waals surface area contributed by atoms with Crippen LogP contribution in [0.25, 0.3) is 0 Å². The molecule has 2 aromatic heterocycles. The first-order valence-electron chi connectivity index (χ1n) is 6.12. The van der Waals surface area contributed by atoms with E-state index in [0.29, 0.717) is 18.8 Å². The number of nitrogens with zero attached hydrogens (tertiary/aromatic N) is 3. The first-order valence-corrected chi connectivity index (χ1v) is 7.00. The third kappa shape index (κ3) is 3.11. The number of aromatic nitrogens is 3. The quantitative estimate of drug-likeness (QED) is 0.868. The molecule has 102 valence electrons. The van der Waals surface area contributed by atoms with Crippen molar-refractivity contribution in [2.45, 2.75) is 26.3 Å². The molecule has 0 radical (unpaired) electrons. The molecule has 6 nitrogen and oxygen atoms in total. The summed E-state index contributed by atoms with van der Waals surface area (Å²) in [5, 5.41) is 9.90. The van der Waals surface area contributed by atoms with Crippen molar-refractivity contribution >= 4 is 22.9 Å². The van der Waals surface area contributed by atoms with E-state index < -0.39 is 0 Å². The van der Waals surface area contributed by atoms with E-state index in [1.54, 1.807) is 28.4 Å². The Labute approximate surface area is 115 Å². The molecular formula is C12H17N5OS. The number of rotatable bonds is 5. The lowest BCUT2D eigenvalue weighted by Gasteiger charge is -2.09. The van der Waals surface area contributed by atoms with Crippen LogP contribution in [0, 0.1) is 0 Å². The van der Waals surface area contributed by atoms with E-state index in [0.717, 1.165) is 5.01 Å². The monoisotopic (exact) mass is 279 g/mol. The van der Waals surface area contributed by atoms with Gasteiger partial charge in [-0.2, -0.15) is 5.10 Å². The Morgan fingerprint density at radius 2 is 2.42 bits per heavy atom. The van der Waals surface area contributed by atoms with Gasteiger partial charge in [-0.1, -0.05) is 6.92 Å². The number of aryl methyl sites for hydroxylation is 1. The summed E-state index contributed by atoms with van der Waals surface area (Å²) in [6, 6.07) is 0. The van der Waals surface area contributed by atoms with E-state index in [2.05, 4.69) is 15.4 Å². The number of amides is 1. The zero-order valence-corrected chi connectivity index (χ0v) is 11.8. The summed E-state index contributed by atoms with van der Waals surface area (Å²) in [4.78, 5) is 16.2. The van der Waals surface area contributed by atoms with Gasteiger partial charge in [0, 0.05) is 36.8 Å². The van der Waals surface area contributed by atoms with Crippen molar-refractivity contribution in [1.82, 2.24) is 20.1 Å². The first kappa shape index (κ1) is 13.5. The lowest BCUT2D eigenvalue weighted by Crippen LogP contribution is -2.28. The van der Waals surface area contributed by atoms with Crippen LogP contribution < -0.4 is 11.1 Å². The molecule has 0 aromatic carbocycles. The number of hydrogen-bond acceptors (Lipinski definition) is 5. The van der Waals surface area contributed by atoms with Crippen LogP contribution in [0.3, 0.4) is 0 Å². The van der Waals surface area contributed by atoms with Crippen LogP contribution in [0.2, 0.25) is 0 Å². The zero-order chi connectivity index (χ0) is 13.8. The first-order chi connectivity index (χ1) is 9.11. The second-order valence-corrected chi connectivity index (χ2v) is 5.20. The molecule has 1 unspecified atom stereocenters. The third-order valence-electron chi connectivity index (χ3n) is 2.77. The summed E-state index contributed by atoms with van der Waals surface area (Å²) in [5.41, 5.74) is 6.45. The molecule has 0 aliphatic carbocycles. The maximum Gasteiger partial charge on any atom is 0.273 e. The van der Waals surface area contributed by atoms with Gasteiger partial charge in [0.05, 0.1) is 10.7 Å². The van der Waals surface area contributed by atoms with Gasteiger partial charge in [0.2, 0.25) is 0 Å². The van der Waals surface area contributed by atoms with E-state index in [4.69, 9.17) is 5.73 Å². The predicted octanol–water partition coefficient (Wildman–Crippen LogP) is 1.48. The fourth-order valence-electron chi connectivity index (χ4n) is 1.67. The molecule has 0 bridgehead atoms. The Morgan fingerprint density at radius 3 is 3.00 bits per heavy atom. The van der Waals surface area contributed by atoms with Crippen molar-refractivity contribution in [3.63, 3.8) is 0 Å². The number of carbonyl (C=O) groups excluding carboxylic acids is 1. The van der Waals surface area contributed by atoms with Gasteiger partial charge in [0.25, 0.3) is 5.91 Å². The molecule has 0 spiro atoms. The minimum atomic E-state index is -0.242. The highest BCUT2D eigenvalue weighted by Gasteiger charge is 2.16. The van der Waals surface area contributed by atoms with Crippen LogP contribution in [-0.2, 0) is 6.54 Å². The van der Waals surface area contributed by atoms with Crippen LogP contribution in [0.15, 0.2) is 17.8 Å². The van der Waals surface area contributed by atoms with Gasteiger partial charge < -0.3 is 11.1 Å². The summed E-state index contributed by atoms with van der Waals surface area (Å²) < 4.78 is 1.65. The van der Waals surface area contributed by atoms with E-state index in [-0.39, 0.29) is 17.5 Å². The minimum absolute atomic E-state index is 0.179. The normalized spacial score (nSPS) is 12.3. The number of carbonyl (C=O) groups is 1. The zero-order valence-electron chi connectivity index (χ0n) is 11.0. The Kier molecular flexibility index (Phi) is 4.16. The summed E-state index contributed by atoms with van der Waals surface area (Å²) in [6.07, 6.45) is 3.43. The van der Waals surface area contributed by atoms with Crippen LogP contribution in [0.4, 0.5) is 5.69 Å². The number of anilines is 1. The van der Waals surface area contributed by atoms with E-state index in [9.17, 15) is 4.79 Å². The Morgan fingerprint density at radius 1 is 1.63 bits per heavy atom. The SMILES string of the molecule is CCn1cc(N)c(C(=O)NCC(C)c2nccs2)n1. The van der Waals surface area contributed by atoms with E-state index >= 15 is 0 Å². The molecule has 19 heavy (non-hydrogen) atoms. The number of thiazole rings is 1. The van der Waals surface area contributed by atoms with Crippen molar-refractivity contribution in [3.05, 3.63) is 28.5 Å². The average Bonchev–Trinajstić information content (AvgIpc) is 3.04. The number of nitrogen functional groups attached to an aromatic ring is 1. The topological polar surface area (TPSA) is 85.8 Å². The van der Waals surface area contributed by atoms with Gasteiger partial charge in [-0.25, -0.2) is 4.98 Å². The summed E-state index contributed by atoms with van der Waals surface area (Å²) in [7, 11) is 0. The fourth-order valence-corrected chi connectivity index (χ4v) is 2.37. The van der Waals surface area contributed by atoms with Gasteiger partial charge in [-0.05, 0) is 6.92 Å². The van der Waals surface area contributed by atoms with Crippen molar-refractivity contribution in [3.8, 4) is 0 Å². The number of hydrogen-bond donors (Lipinski definition) is 2. The van der Waals surface area contributed by atoms with Gasteiger partial charge in [-0.3, -0.25) is 9.48 Å². The lowest BCUT2D eigenvalue weighted by atomic mass is 10.2. The number of nitrogens with two attached hydrogens (primary N) is 1. The van der Waals surface area contributed by atoms with Crippen LogP contribution in [-0.4, -0.2) is 27.2 Å².